The Labute approximate surface area is 241 Å². The van der Waals surface area contributed by atoms with Crippen molar-refractivity contribution < 1.29 is 0 Å². The zero-order valence-corrected chi connectivity index (χ0v) is 22.7. The van der Waals surface area contributed by atoms with Gasteiger partial charge in [0.25, 0.3) is 0 Å². The Hall–Kier alpha value is -5.40. The van der Waals surface area contributed by atoms with Gasteiger partial charge in [0, 0.05) is 16.8 Å². The van der Waals surface area contributed by atoms with Crippen LogP contribution in [0, 0.1) is 0 Å². The molecule has 0 aliphatic carbocycles. The van der Waals surface area contributed by atoms with Crippen LogP contribution >= 0.6 is 0 Å². The normalized spacial score (nSPS) is 10.9. The Morgan fingerprint density at radius 1 is 0.317 bits per heavy atom. The van der Waals surface area contributed by atoms with Gasteiger partial charge in [-0.25, -0.2) is 0 Å². The van der Waals surface area contributed by atoms with Crippen LogP contribution in [0.1, 0.15) is 0 Å². The molecule has 0 amide bonds. The highest BCUT2D eigenvalue weighted by Crippen LogP contribution is 2.43. The van der Waals surface area contributed by atoms with Gasteiger partial charge < -0.3 is 4.90 Å². The first-order chi connectivity index (χ1) is 20.3. The quantitative estimate of drug-likeness (QED) is 0.209. The van der Waals surface area contributed by atoms with Gasteiger partial charge in [0.2, 0.25) is 0 Å². The van der Waals surface area contributed by atoms with E-state index >= 15 is 0 Å². The van der Waals surface area contributed by atoms with Crippen LogP contribution in [0.2, 0.25) is 0 Å². The van der Waals surface area contributed by atoms with Crippen LogP contribution in [-0.4, -0.2) is 0 Å². The summed E-state index contributed by atoms with van der Waals surface area (Å²) in [6.45, 7) is 0. The van der Waals surface area contributed by atoms with E-state index in [0.29, 0.717) is 0 Å². The summed E-state index contributed by atoms with van der Waals surface area (Å²) in [5.41, 5.74) is 10.7. The standard InChI is InChI=1S/C40H29N/c1-4-13-30(14-5-1)31-23-25-35(26-24-31)41(40-22-12-20-33-19-10-11-21-38(33)40)36-27-28-37(32-15-6-2-7-16-32)39(29-36)34-17-8-3-9-18-34/h1-29H. The average Bonchev–Trinajstić information content (AvgIpc) is 3.06. The first kappa shape index (κ1) is 24.6. The molecule has 7 rings (SSSR count). The van der Waals surface area contributed by atoms with Crippen LogP contribution < -0.4 is 4.90 Å². The van der Waals surface area contributed by atoms with Crippen molar-refractivity contribution in [2.45, 2.75) is 0 Å². The van der Waals surface area contributed by atoms with Crippen LogP contribution in [0.25, 0.3) is 44.2 Å². The molecule has 0 spiro atoms. The highest BCUT2D eigenvalue weighted by Gasteiger charge is 2.18. The van der Waals surface area contributed by atoms with Crippen molar-refractivity contribution in [1.82, 2.24) is 0 Å². The van der Waals surface area contributed by atoms with Crippen molar-refractivity contribution in [3.63, 3.8) is 0 Å². The lowest BCUT2D eigenvalue weighted by Gasteiger charge is -2.28. The molecule has 0 aliphatic rings. The molecule has 194 valence electrons. The smallest absolute Gasteiger partial charge is 0.0540 e. The predicted molar refractivity (Wildman–Crippen MR) is 175 cm³/mol. The lowest BCUT2D eigenvalue weighted by Crippen LogP contribution is -2.10. The summed E-state index contributed by atoms with van der Waals surface area (Å²) >= 11 is 0. The fraction of sp³-hybridized carbons (Fsp3) is 0. The number of hydrogen-bond donors (Lipinski definition) is 0. The number of rotatable bonds is 6. The van der Waals surface area contributed by atoms with Gasteiger partial charge in [0.05, 0.1) is 5.69 Å². The lowest BCUT2D eigenvalue weighted by atomic mass is 9.93. The molecule has 1 heteroatoms. The van der Waals surface area contributed by atoms with E-state index in [1.165, 1.54) is 44.2 Å². The van der Waals surface area contributed by atoms with Crippen LogP contribution in [0.3, 0.4) is 0 Å². The number of nitrogens with zero attached hydrogens (tertiary/aromatic N) is 1. The number of fused-ring (bicyclic) bond motifs is 1. The molecule has 0 fully saturated rings. The SMILES string of the molecule is c1ccc(-c2ccc(N(c3ccc(-c4ccccc4)c(-c4ccccc4)c3)c3cccc4ccccc34)cc2)cc1. The summed E-state index contributed by atoms with van der Waals surface area (Å²) in [6, 6.07) is 62.9. The van der Waals surface area contributed by atoms with E-state index in [2.05, 4.69) is 181 Å². The van der Waals surface area contributed by atoms with Crippen molar-refractivity contribution in [2.24, 2.45) is 0 Å². The third-order valence-electron chi connectivity index (χ3n) is 7.67. The molecule has 0 heterocycles. The van der Waals surface area contributed by atoms with E-state index < -0.39 is 0 Å². The van der Waals surface area contributed by atoms with Gasteiger partial charge in [-0.05, 0) is 69.1 Å². The second-order valence-corrected chi connectivity index (χ2v) is 10.2. The zero-order valence-electron chi connectivity index (χ0n) is 22.7. The molecule has 0 atom stereocenters. The molecule has 0 aromatic heterocycles. The maximum absolute atomic E-state index is 2.39. The van der Waals surface area contributed by atoms with Gasteiger partial charge in [0.1, 0.15) is 0 Å². The van der Waals surface area contributed by atoms with Crippen molar-refractivity contribution in [2.75, 3.05) is 4.90 Å². The summed E-state index contributed by atoms with van der Waals surface area (Å²) in [5.74, 6) is 0. The number of hydrogen-bond acceptors (Lipinski definition) is 1. The Morgan fingerprint density at radius 3 is 1.51 bits per heavy atom. The predicted octanol–water partition coefficient (Wildman–Crippen LogP) is 11.3. The molecule has 41 heavy (non-hydrogen) atoms. The van der Waals surface area contributed by atoms with Gasteiger partial charge in [-0.2, -0.15) is 0 Å². The number of anilines is 3. The topological polar surface area (TPSA) is 3.24 Å². The molecule has 7 aromatic rings. The second kappa shape index (κ2) is 11.0. The van der Waals surface area contributed by atoms with E-state index in [1.54, 1.807) is 0 Å². The molecule has 0 saturated heterocycles. The Balaban J connectivity index is 1.44. The van der Waals surface area contributed by atoms with Crippen LogP contribution in [0.5, 0.6) is 0 Å². The van der Waals surface area contributed by atoms with E-state index in [9.17, 15) is 0 Å². The van der Waals surface area contributed by atoms with Crippen LogP contribution in [0.4, 0.5) is 17.1 Å². The van der Waals surface area contributed by atoms with Gasteiger partial charge in [-0.15, -0.1) is 0 Å². The monoisotopic (exact) mass is 523 g/mol. The van der Waals surface area contributed by atoms with E-state index in [1.807, 2.05) is 0 Å². The lowest BCUT2D eigenvalue weighted by molar-refractivity contribution is 1.30. The van der Waals surface area contributed by atoms with Gasteiger partial charge in [0.15, 0.2) is 0 Å². The minimum Gasteiger partial charge on any atom is -0.310 e. The van der Waals surface area contributed by atoms with Gasteiger partial charge in [-0.3, -0.25) is 0 Å². The first-order valence-electron chi connectivity index (χ1n) is 14.0. The van der Waals surface area contributed by atoms with Crippen LogP contribution in [-0.2, 0) is 0 Å². The Kier molecular flexibility index (Phi) is 6.61. The second-order valence-electron chi connectivity index (χ2n) is 10.2. The Bertz CT molecular complexity index is 1900. The summed E-state index contributed by atoms with van der Waals surface area (Å²) in [7, 11) is 0. The van der Waals surface area contributed by atoms with E-state index in [-0.39, 0.29) is 0 Å². The van der Waals surface area contributed by atoms with Crippen molar-refractivity contribution >= 4 is 27.8 Å². The minimum atomic E-state index is 1.12. The van der Waals surface area contributed by atoms with Gasteiger partial charge >= 0.3 is 0 Å². The zero-order chi connectivity index (χ0) is 27.4. The molecule has 1 nitrogen and oxygen atoms in total. The fourth-order valence-electron chi connectivity index (χ4n) is 5.66. The number of benzene rings is 7. The Morgan fingerprint density at radius 2 is 0.829 bits per heavy atom. The molecular formula is C40H29N. The largest absolute Gasteiger partial charge is 0.310 e. The van der Waals surface area contributed by atoms with Crippen molar-refractivity contribution in [1.29, 1.82) is 0 Å². The highest BCUT2D eigenvalue weighted by atomic mass is 15.1. The fourth-order valence-corrected chi connectivity index (χ4v) is 5.66. The van der Waals surface area contributed by atoms with Crippen molar-refractivity contribution in [3.05, 3.63) is 176 Å². The summed E-state index contributed by atoms with van der Waals surface area (Å²) < 4.78 is 0. The molecule has 0 saturated carbocycles. The molecular weight excluding hydrogens is 494 g/mol. The molecule has 0 N–H and O–H groups in total. The average molecular weight is 524 g/mol. The summed E-state index contributed by atoms with van der Waals surface area (Å²) in [6.07, 6.45) is 0. The maximum atomic E-state index is 2.39. The molecule has 0 aliphatic heterocycles. The first-order valence-corrected chi connectivity index (χ1v) is 14.0. The molecule has 7 aromatic carbocycles. The van der Waals surface area contributed by atoms with Crippen molar-refractivity contribution in [3.8, 4) is 33.4 Å². The summed E-state index contributed by atoms with van der Waals surface area (Å²) in [5, 5.41) is 2.44. The third kappa shape index (κ3) is 4.90. The molecule has 0 unspecified atom stereocenters. The molecule has 0 bridgehead atoms. The summed E-state index contributed by atoms with van der Waals surface area (Å²) in [4.78, 5) is 2.39. The minimum absolute atomic E-state index is 1.12. The van der Waals surface area contributed by atoms with Crippen LogP contribution in [0.15, 0.2) is 176 Å². The van der Waals surface area contributed by atoms with Gasteiger partial charge in [-0.1, -0.05) is 146 Å². The van der Waals surface area contributed by atoms with E-state index in [4.69, 9.17) is 0 Å². The van der Waals surface area contributed by atoms with E-state index in [0.717, 1.165) is 17.1 Å². The molecule has 0 radical (unpaired) electrons. The maximum Gasteiger partial charge on any atom is 0.0540 e. The highest BCUT2D eigenvalue weighted by molar-refractivity contribution is 6.00. The third-order valence-corrected chi connectivity index (χ3v) is 7.67.